The van der Waals surface area contributed by atoms with Crippen LogP contribution in [0.1, 0.15) is 399 Å². The van der Waals surface area contributed by atoms with Crippen molar-refractivity contribution in [1.82, 2.24) is 0 Å². The highest BCUT2D eigenvalue weighted by molar-refractivity contribution is 5.70. The minimum Gasteiger partial charge on any atom is -0.545 e. The summed E-state index contributed by atoms with van der Waals surface area (Å²) in [5.41, 5.74) is 0. The van der Waals surface area contributed by atoms with Gasteiger partial charge in [-0.3, -0.25) is 9.59 Å². The quantitative estimate of drug-likeness (QED) is 0.0195. The minimum atomic E-state index is -1.62. The van der Waals surface area contributed by atoms with Crippen LogP contribution in [0.3, 0.4) is 0 Å². The highest BCUT2D eigenvalue weighted by Gasteiger charge is 2.22. The number of carboxylic acids is 1. The average molecular weight is 1280 g/mol. The molecule has 0 aromatic rings. The molecule has 0 saturated heterocycles. The number of hydrogen-bond acceptors (Lipinski definition) is 8. The molecule has 9 heteroatoms. The Labute approximate surface area is 565 Å². The minimum absolute atomic E-state index is 0.151. The van der Waals surface area contributed by atoms with E-state index < -0.39 is 24.3 Å². The van der Waals surface area contributed by atoms with Gasteiger partial charge < -0.3 is 33.3 Å². The Kier molecular flexibility index (Phi) is 70.9. The fourth-order valence-corrected chi connectivity index (χ4v) is 12.1. The molecule has 0 aliphatic heterocycles. The number of nitrogens with zero attached hydrogens (tertiary/aromatic N) is 1. The molecule has 534 valence electrons. The molecule has 0 rings (SSSR count). The third-order valence-electron chi connectivity index (χ3n) is 18.1. The zero-order chi connectivity index (χ0) is 66.1. The van der Waals surface area contributed by atoms with Gasteiger partial charge in [-0.25, -0.2) is 0 Å². The molecule has 0 amide bonds. The molecule has 0 heterocycles. The number of carbonyl (C=O) groups excluding carboxylic acids is 3. The normalized spacial score (nSPS) is 12.8. The first-order chi connectivity index (χ1) is 44.6. The number of carboxylic acid groups (broad SMARTS) is 1. The maximum atomic E-state index is 13.0. The Balaban J connectivity index is 3.96. The molecule has 2 unspecified atom stereocenters. The van der Waals surface area contributed by atoms with Crippen molar-refractivity contribution >= 4 is 17.9 Å². The topological polar surface area (TPSA) is 111 Å². The summed E-state index contributed by atoms with van der Waals surface area (Å²) >= 11 is 0. The lowest BCUT2D eigenvalue weighted by atomic mass is 10.0. The molecular weight excluding hydrogens is 1130 g/mol. The van der Waals surface area contributed by atoms with Crippen molar-refractivity contribution in [2.24, 2.45) is 0 Å². The number of hydrogen-bond donors (Lipinski definition) is 0. The Morgan fingerprint density at radius 1 is 0.341 bits per heavy atom. The third kappa shape index (κ3) is 74.5. The van der Waals surface area contributed by atoms with E-state index in [4.69, 9.17) is 18.9 Å². The molecule has 0 radical (unpaired) electrons. The van der Waals surface area contributed by atoms with Crippen LogP contribution in [0.5, 0.6) is 0 Å². The van der Waals surface area contributed by atoms with E-state index in [0.29, 0.717) is 17.4 Å². The standard InChI is InChI=1S/C82H153NO8/c1-6-8-10-12-14-16-18-20-22-24-26-28-30-32-34-36-37-38-39-40-41-42-43-45-47-49-51-53-55-57-59-61-63-65-67-69-71-73-80(85)91-78(77-90-82(81(86)87)88-75-74-83(3,4)5)76-89-79(84)72-70-68-66-64-62-60-58-56-54-52-50-48-46-44-35-33-31-29-27-25-23-21-19-17-15-13-11-9-7-2/h8,10,14,16,20,22,26,28,78,82H,6-7,9,11-13,15,17-19,21,23-25,27,29-77H2,1-5H3/b10-8-,16-14-,22-20-,28-26-. The van der Waals surface area contributed by atoms with Crippen LogP contribution in [0.4, 0.5) is 0 Å². The van der Waals surface area contributed by atoms with Crippen LogP contribution in [0.25, 0.3) is 0 Å². The van der Waals surface area contributed by atoms with Crippen LogP contribution in [0.15, 0.2) is 48.6 Å². The molecule has 2 atom stereocenters. The highest BCUT2D eigenvalue weighted by atomic mass is 16.7. The number of quaternary nitrogens is 1. The van der Waals surface area contributed by atoms with Crippen molar-refractivity contribution in [3.05, 3.63) is 48.6 Å². The summed E-state index contributed by atoms with van der Waals surface area (Å²) in [6, 6.07) is 0. The number of carbonyl (C=O) groups is 3. The molecule has 0 aromatic heterocycles. The molecular formula is C82H153NO8. The zero-order valence-corrected chi connectivity index (χ0v) is 61.2. The Morgan fingerprint density at radius 2 is 0.626 bits per heavy atom. The number of esters is 2. The Morgan fingerprint density at radius 3 is 0.934 bits per heavy atom. The first kappa shape index (κ1) is 88.2. The zero-order valence-electron chi connectivity index (χ0n) is 61.2. The van der Waals surface area contributed by atoms with E-state index in [2.05, 4.69) is 62.5 Å². The van der Waals surface area contributed by atoms with Gasteiger partial charge in [0.15, 0.2) is 12.4 Å². The van der Waals surface area contributed by atoms with Gasteiger partial charge in [-0.2, -0.15) is 0 Å². The second kappa shape index (κ2) is 73.1. The Bertz CT molecular complexity index is 1630. The first-order valence-corrected chi connectivity index (χ1v) is 39.8. The van der Waals surface area contributed by atoms with Crippen molar-refractivity contribution in [1.29, 1.82) is 0 Å². The van der Waals surface area contributed by atoms with E-state index in [-0.39, 0.29) is 32.2 Å². The highest BCUT2D eigenvalue weighted by Crippen LogP contribution is 2.20. The molecule has 0 saturated carbocycles. The molecule has 0 aliphatic rings. The van der Waals surface area contributed by atoms with Crippen molar-refractivity contribution in [2.75, 3.05) is 47.5 Å². The summed E-state index contributed by atoms with van der Waals surface area (Å²) in [7, 11) is 5.95. The van der Waals surface area contributed by atoms with Crippen LogP contribution in [-0.2, 0) is 33.3 Å². The number of allylic oxidation sites excluding steroid dienone is 8. The monoisotopic (exact) mass is 1280 g/mol. The molecule has 0 aliphatic carbocycles. The van der Waals surface area contributed by atoms with Crippen LogP contribution in [-0.4, -0.2) is 82.3 Å². The molecule has 0 N–H and O–H groups in total. The molecule has 9 nitrogen and oxygen atoms in total. The molecule has 0 fully saturated rings. The van der Waals surface area contributed by atoms with Gasteiger partial charge in [-0.15, -0.1) is 0 Å². The van der Waals surface area contributed by atoms with E-state index in [9.17, 15) is 19.5 Å². The summed E-state index contributed by atoms with van der Waals surface area (Å²) in [5.74, 6) is -2.25. The van der Waals surface area contributed by atoms with Gasteiger partial charge in [0.1, 0.15) is 13.2 Å². The summed E-state index contributed by atoms with van der Waals surface area (Å²) in [4.78, 5) is 37.6. The summed E-state index contributed by atoms with van der Waals surface area (Å²) in [6.45, 7) is 4.72. The first-order valence-electron chi connectivity index (χ1n) is 39.8. The van der Waals surface area contributed by atoms with Gasteiger partial charge in [0.2, 0.25) is 0 Å². The second-order valence-corrected chi connectivity index (χ2v) is 28.3. The van der Waals surface area contributed by atoms with E-state index in [1.165, 1.54) is 308 Å². The number of likely N-dealkylation sites (N-methyl/N-ethyl adjacent to an activating group) is 1. The predicted molar refractivity (Wildman–Crippen MR) is 389 cm³/mol. The molecule has 91 heavy (non-hydrogen) atoms. The van der Waals surface area contributed by atoms with Gasteiger partial charge in [-0.05, 0) is 51.4 Å². The van der Waals surface area contributed by atoms with Gasteiger partial charge in [0.25, 0.3) is 0 Å². The van der Waals surface area contributed by atoms with Crippen LogP contribution < -0.4 is 5.11 Å². The number of aliphatic carboxylic acids is 1. The summed E-state index contributed by atoms with van der Waals surface area (Å²) in [6.07, 6.45) is 92.4. The summed E-state index contributed by atoms with van der Waals surface area (Å²) in [5, 5.41) is 11.9. The van der Waals surface area contributed by atoms with E-state index in [0.717, 1.165) is 64.2 Å². The number of unbranched alkanes of at least 4 members (excludes halogenated alkanes) is 52. The fraction of sp³-hybridized carbons (Fsp3) is 0.866. The smallest absolute Gasteiger partial charge is 0.306 e. The van der Waals surface area contributed by atoms with Crippen LogP contribution >= 0.6 is 0 Å². The van der Waals surface area contributed by atoms with Crippen LogP contribution in [0, 0.1) is 0 Å². The number of ether oxygens (including phenoxy) is 4. The SMILES string of the molecule is CC/C=C\C/C=C\C/C=C\C/C=C\CCCCCCCCCCCCCCCCCCCCCCCCCCC(=O)OC(COC(=O)CCCCCCCCCCCCCCCCCCCCCCCCCCCCCCC)COC(OCC[N+](C)(C)C)C(=O)[O-]. The lowest BCUT2D eigenvalue weighted by Crippen LogP contribution is -2.44. The van der Waals surface area contributed by atoms with Crippen molar-refractivity contribution < 1.29 is 42.9 Å². The Hall–Kier alpha value is -2.75. The average Bonchev–Trinajstić information content (AvgIpc) is 3.50. The summed E-state index contributed by atoms with van der Waals surface area (Å²) < 4.78 is 22.9. The van der Waals surface area contributed by atoms with Gasteiger partial charge >= 0.3 is 11.9 Å². The van der Waals surface area contributed by atoms with Crippen molar-refractivity contribution in [3.63, 3.8) is 0 Å². The van der Waals surface area contributed by atoms with Gasteiger partial charge in [0, 0.05) is 12.8 Å². The number of rotatable bonds is 75. The predicted octanol–water partition coefficient (Wildman–Crippen LogP) is 23.9. The molecule has 0 spiro atoms. The third-order valence-corrected chi connectivity index (χ3v) is 18.1. The molecule has 0 aromatic carbocycles. The van der Waals surface area contributed by atoms with Crippen molar-refractivity contribution in [2.45, 2.75) is 411 Å². The van der Waals surface area contributed by atoms with E-state index in [1.54, 1.807) is 0 Å². The lowest BCUT2D eigenvalue weighted by Gasteiger charge is -2.26. The van der Waals surface area contributed by atoms with E-state index in [1.807, 2.05) is 21.1 Å². The van der Waals surface area contributed by atoms with Gasteiger partial charge in [-0.1, -0.05) is 383 Å². The maximum Gasteiger partial charge on any atom is 0.306 e. The maximum absolute atomic E-state index is 13.0. The largest absolute Gasteiger partial charge is 0.545 e. The lowest BCUT2D eigenvalue weighted by molar-refractivity contribution is -0.870. The van der Waals surface area contributed by atoms with Crippen molar-refractivity contribution in [3.8, 4) is 0 Å². The second-order valence-electron chi connectivity index (χ2n) is 28.3. The van der Waals surface area contributed by atoms with Gasteiger partial charge in [0.05, 0.1) is 40.3 Å². The van der Waals surface area contributed by atoms with E-state index >= 15 is 0 Å². The molecule has 0 bridgehead atoms. The fourth-order valence-electron chi connectivity index (χ4n) is 12.1. The van der Waals surface area contributed by atoms with Crippen LogP contribution in [0.2, 0.25) is 0 Å².